The van der Waals surface area contributed by atoms with Crippen LogP contribution >= 0.6 is 0 Å². The van der Waals surface area contributed by atoms with Gasteiger partial charge in [-0.25, -0.2) is 4.39 Å². The lowest BCUT2D eigenvalue weighted by Gasteiger charge is -2.18. The van der Waals surface area contributed by atoms with Crippen LogP contribution in [0.5, 0.6) is 0 Å². The standard InChI is InChI=1S/C16H17FN2O2/c1-10-6-4-5-7-13(10)12(3)18-15-8-11(2)14(17)9-16(15)19(20)21/h4-9,12,18H,1-3H3. The maximum absolute atomic E-state index is 13.5. The molecular formula is C16H17FN2O2. The van der Waals surface area contributed by atoms with Gasteiger partial charge in [0.25, 0.3) is 5.69 Å². The highest BCUT2D eigenvalue weighted by molar-refractivity contribution is 5.64. The van der Waals surface area contributed by atoms with Crippen molar-refractivity contribution in [2.45, 2.75) is 26.8 Å². The molecule has 0 fully saturated rings. The van der Waals surface area contributed by atoms with Crippen molar-refractivity contribution in [3.8, 4) is 0 Å². The van der Waals surface area contributed by atoms with Crippen LogP contribution in [-0.4, -0.2) is 4.92 Å². The molecule has 0 aromatic heterocycles. The second-order valence-electron chi connectivity index (χ2n) is 5.10. The summed E-state index contributed by atoms with van der Waals surface area (Å²) < 4.78 is 13.5. The summed E-state index contributed by atoms with van der Waals surface area (Å²) in [5.41, 5.74) is 2.60. The molecule has 0 amide bonds. The number of nitro groups is 1. The van der Waals surface area contributed by atoms with E-state index < -0.39 is 10.7 Å². The first-order chi connectivity index (χ1) is 9.90. The highest BCUT2D eigenvalue weighted by Crippen LogP contribution is 2.31. The minimum Gasteiger partial charge on any atom is -0.373 e. The lowest BCUT2D eigenvalue weighted by molar-refractivity contribution is -0.384. The van der Waals surface area contributed by atoms with Crippen molar-refractivity contribution in [1.29, 1.82) is 0 Å². The summed E-state index contributed by atoms with van der Waals surface area (Å²) in [7, 11) is 0. The SMILES string of the molecule is Cc1cc(NC(C)c2ccccc2C)c([N+](=O)[O-])cc1F. The van der Waals surface area contributed by atoms with Gasteiger partial charge in [0.1, 0.15) is 11.5 Å². The summed E-state index contributed by atoms with van der Waals surface area (Å²) in [4.78, 5) is 10.5. The fourth-order valence-electron chi connectivity index (χ4n) is 2.32. The predicted molar refractivity (Wildman–Crippen MR) is 81.0 cm³/mol. The minimum atomic E-state index is -0.574. The van der Waals surface area contributed by atoms with E-state index in [0.29, 0.717) is 11.3 Å². The van der Waals surface area contributed by atoms with E-state index in [2.05, 4.69) is 5.32 Å². The molecule has 0 heterocycles. The summed E-state index contributed by atoms with van der Waals surface area (Å²) in [5, 5.41) is 14.2. The number of nitro benzene ring substituents is 1. The lowest BCUT2D eigenvalue weighted by Crippen LogP contribution is -2.10. The summed E-state index contributed by atoms with van der Waals surface area (Å²) >= 11 is 0. The first-order valence-corrected chi connectivity index (χ1v) is 6.66. The minimum absolute atomic E-state index is 0.116. The molecule has 1 unspecified atom stereocenters. The van der Waals surface area contributed by atoms with Crippen LogP contribution in [0, 0.1) is 29.8 Å². The number of nitrogens with zero attached hydrogens (tertiary/aromatic N) is 1. The Morgan fingerprint density at radius 1 is 1.19 bits per heavy atom. The summed E-state index contributed by atoms with van der Waals surface area (Å²) in [6.45, 7) is 5.49. The molecule has 0 saturated carbocycles. The molecule has 110 valence electrons. The zero-order valence-electron chi connectivity index (χ0n) is 12.2. The lowest BCUT2D eigenvalue weighted by atomic mass is 10.0. The highest BCUT2D eigenvalue weighted by Gasteiger charge is 2.19. The van der Waals surface area contributed by atoms with Crippen molar-refractivity contribution in [2.24, 2.45) is 0 Å². The number of hydrogen-bond donors (Lipinski definition) is 1. The molecule has 2 rings (SSSR count). The number of hydrogen-bond acceptors (Lipinski definition) is 3. The van der Waals surface area contributed by atoms with Crippen LogP contribution in [0.4, 0.5) is 15.8 Å². The number of rotatable bonds is 4. The zero-order valence-corrected chi connectivity index (χ0v) is 12.2. The Morgan fingerprint density at radius 2 is 1.86 bits per heavy atom. The quantitative estimate of drug-likeness (QED) is 0.664. The summed E-state index contributed by atoms with van der Waals surface area (Å²) in [6, 6.07) is 10.1. The van der Waals surface area contributed by atoms with Crippen molar-refractivity contribution < 1.29 is 9.31 Å². The van der Waals surface area contributed by atoms with E-state index >= 15 is 0 Å². The summed E-state index contributed by atoms with van der Waals surface area (Å²) in [5.74, 6) is -0.573. The fraction of sp³-hybridized carbons (Fsp3) is 0.250. The Bertz CT molecular complexity index is 686. The maximum atomic E-state index is 13.5. The van der Waals surface area contributed by atoms with Crippen LogP contribution in [0.15, 0.2) is 36.4 Å². The van der Waals surface area contributed by atoms with Crippen LogP contribution in [-0.2, 0) is 0 Å². The Hall–Kier alpha value is -2.43. The third kappa shape index (κ3) is 3.18. The Balaban J connectivity index is 2.37. The van der Waals surface area contributed by atoms with Gasteiger partial charge in [-0.1, -0.05) is 24.3 Å². The molecule has 1 atom stereocenters. The predicted octanol–water partition coefficient (Wildman–Crippen LogP) is 4.52. The first-order valence-electron chi connectivity index (χ1n) is 6.66. The van der Waals surface area contributed by atoms with Crippen LogP contribution in [0.25, 0.3) is 0 Å². The van der Waals surface area contributed by atoms with Crippen LogP contribution < -0.4 is 5.32 Å². The Morgan fingerprint density at radius 3 is 2.48 bits per heavy atom. The molecule has 2 aromatic rings. The van der Waals surface area contributed by atoms with Crippen molar-refractivity contribution in [3.05, 3.63) is 69.0 Å². The second-order valence-corrected chi connectivity index (χ2v) is 5.10. The van der Waals surface area contributed by atoms with Crippen LogP contribution in [0.3, 0.4) is 0 Å². The molecule has 0 aliphatic carbocycles. The largest absolute Gasteiger partial charge is 0.373 e. The molecule has 1 N–H and O–H groups in total. The van der Waals surface area contributed by atoms with Crippen molar-refractivity contribution >= 4 is 11.4 Å². The molecule has 0 aliphatic rings. The van der Waals surface area contributed by atoms with E-state index in [1.54, 1.807) is 6.92 Å². The van der Waals surface area contributed by atoms with Gasteiger partial charge in [0.05, 0.1) is 11.0 Å². The average Bonchev–Trinajstić information content (AvgIpc) is 2.42. The van der Waals surface area contributed by atoms with Gasteiger partial charge in [-0.2, -0.15) is 0 Å². The summed E-state index contributed by atoms with van der Waals surface area (Å²) in [6.07, 6.45) is 0. The van der Waals surface area contributed by atoms with Gasteiger partial charge in [-0.05, 0) is 43.5 Å². The van der Waals surface area contributed by atoms with Gasteiger partial charge >= 0.3 is 0 Å². The monoisotopic (exact) mass is 288 g/mol. The molecule has 0 spiro atoms. The van der Waals surface area contributed by atoms with E-state index in [1.165, 1.54) is 6.07 Å². The van der Waals surface area contributed by atoms with Crippen LogP contribution in [0.1, 0.15) is 29.7 Å². The molecule has 0 bridgehead atoms. The van der Waals surface area contributed by atoms with Gasteiger partial charge in [-0.3, -0.25) is 10.1 Å². The highest BCUT2D eigenvalue weighted by atomic mass is 19.1. The van der Waals surface area contributed by atoms with Gasteiger partial charge in [0.15, 0.2) is 0 Å². The van der Waals surface area contributed by atoms with Crippen molar-refractivity contribution in [2.75, 3.05) is 5.32 Å². The van der Waals surface area contributed by atoms with E-state index in [1.807, 2.05) is 38.1 Å². The zero-order chi connectivity index (χ0) is 15.6. The third-order valence-corrected chi connectivity index (χ3v) is 3.50. The van der Waals surface area contributed by atoms with E-state index in [9.17, 15) is 14.5 Å². The topological polar surface area (TPSA) is 55.2 Å². The van der Waals surface area contributed by atoms with Crippen molar-refractivity contribution in [1.82, 2.24) is 0 Å². The van der Waals surface area contributed by atoms with E-state index in [0.717, 1.165) is 17.2 Å². The number of nitrogens with one attached hydrogen (secondary N) is 1. The average molecular weight is 288 g/mol. The third-order valence-electron chi connectivity index (χ3n) is 3.50. The Labute approximate surface area is 122 Å². The second kappa shape index (κ2) is 5.91. The molecule has 0 saturated heterocycles. The maximum Gasteiger partial charge on any atom is 0.295 e. The Kier molecular flexibility index (Phi) is 4.21. The van der Waals surface area contributed by atoms with Gasteiger partial charge in [-0.15, -0.1) is 0 Å². The number of aryl methyl sites for hydroxylation is 2. The smallest absolute Gasteiger partial charge is 0.295 e. The van der Waals surface area contributed by atoms with Gasteiger partial charge < -0.3 is 5.32 Å². The molecule has 4 nitrogen and oxygen atoms in total. The first kappa shape index (κ1) is 15.0. The fourth-order valence-corrected chi connectivity index (χ4v) is 2.32. The molecule has 2 aromatic carbocycles. The van der Waals surface area contributed by atoms with Crippen LogP contribution in [0.2, 0.25) is 0 Å². The molecule has 0 aliphatic heterocycles. The van der Waals surface area contributed by atoms with Gasteiger partial charge in [0.2, 0.25) is 0 Å². The number of halogens is 1. The van der Waals surface area contributed by atoms with E-state index in [-0.39, 0.29) is 11.7 Å². The molecule has 21 heavy (non-hydrogen) atoms. The number of benzene rings is 2. The normalized spacial score (nSPS) is 12.0. The van der Waals surface area contributed by atoms with Gasteiger partial charge in [0, 0.05) is 6.04 Å². The van der Waals surface area contributed by atoms with Crippen molar-refractivity contribution in [3.63, 3.8) is 0 Å². The van der Waals surface area contributed by atoms with E-state index in [4.69, 9.17) is 0 Å². The number of anilines is 1. The molecule has 0 radical (unpaired) electrons. The molecular weight excluding hydrogens is 271 g/mol. The molecule has 5 heteroatoms.